The normalized spacial score (nSPS) is 11.1. The van der Waals surface area contributed by atoms with Crippen LogP contribution in [0.1, 0.15) is 31.7 Å². The van der Waals surface area contributed by atoms with E-state index in [0.29, 0.717) is 0 Å². The maximum atomic E-state index is 11.7. The summed E-state index contributed by atoms with van der Waals surface area (Å²) in [7, 11) is 0. The molecule has 0 atom stereocenters. The van der Waals surface area contributed by atoms with Gasteiger partial charge in [0.1, 0.15) is 5.82 Å². The Morgan fingerprint density at radius 1 is 1.40 bits per heavy atom. The molecule has 15 heavy (non-hydrogen) atoms. The van der Waals surface area contributed by atoms with Crippen molar-refractivity contribution < 1.29 is 0 Å². The Kier molecular flexibility index (Phi) is 2.58. The van der Waals surface area contributed by atoms with Gasteiger partial charge in [-0.3, -0.25) is 9.89 Å². The molecule has 0 aliphatic heterocycles. The Labute approximate surface area is 87.9 Å². The van der Waals surface area contributed by atoms with Crippen LogP contribution in [0.3, 0.4) is 0 Å². The number of pyridine rings is 1. The van der Waals surface area contributed by atoms with Crippen LogP contribution in [0.2, 0.25) is 0 Å². The molecule has 2 heterocycles. The second kappa shape index (κ2) is 3.88. The van der Waals surface area contributed by atoms with Gasteiger partial charge >= 0.3 is 0 Å². The van der Waals surface area contributed by atoms with E-state index in [0.717, 1.165) is 36.3 Å². The third-order valence-electron chi connectivity index (χ3n) is 2.44. The molecule has 80 valence electrons. The summed E-state index contributed by atoms with van der Waals surface area (Å²) in [6.07, 6.45) is 2.78. The molecule has 0 aromatic carbocycles. The van der Waals surface area contributed by atoms with Crippen LogP contribution in [-0.2, 0) is 12.8 Å². The van der Waals surface area contributed by atoms with E-state index in [4.69, 9.17) is 0 Å². The van der Waals surface area contributed by atoms with Crippen LogP contribution in [0.15, 0.2) is 16.9 Å². The summed E-state index contributed by atoms with van der Waals surface area (Å²) >= 11 is 0. The van der Waals surface area contributed by atoms with Gasteiger partial charge in [0.2, 0.25) is 0 Å². The minimum Gasteiger partial charge on any atom is -0.276 e. The number of aromatic amines is 1. The molecule has 0 radical (unpaired) electrons. The first-order chi connectivity index (χ1) is 7.24. The minimum atomic E-state index is -0.0249. The number of hydrogen-bond donors (Lipinski definition) is 1. The minimum absolute atomic E-state index is 0.0249. The fraction of sp³-hybridized carbons (Fsp3) is 0.455. The highest BCUT2D eigenvalue weighted by Crippen LogP contribution is 2.05. The van der Waals surface area contributed by atoms with Crippen molar-refractivity contribution in [2.75, 3.05) is 0 Å². The van der Waals surface area contributed by atoms with Crippen LogP contribution >= 0.6 is 0 Å². The molecule has 0 saturated heterocycles. The van der Waals surface area contributed by atoms with Gasteiger partial charge in [-0.25, -0.2) is 9.50 Å². The highest BCUT2D eigenvalue weighted by Gasteiger charge is 2.04. The van der Waals surface area contributed by atoms with E-state index in [1.165, 1.54) is 4.52 Å². The maximum absolute atomic E-state index is 11.7. The zero-order chi connectivity index (χ0) is 10.8. The molecule has 0 bridgehead atoms. The van der Waals surface area contributed by atoms with E-state index in [1.807, 2.05) is 13.0 Å². The summed E-state index contributed by atoms with van der Waals surface area (Å²) in [6.45, 7) is 4.11. The Hall–Kier alpha value is -1.58. The van der Waals surface area contributed by atoms with Gasteiger partial charge in [-0.2, -0.15) is 0 Å². The summed E-state index contributed by atoms with van der Waals surface area (Å²) in [5.41, 5.74) is 1.77. The predicted octanol–water partition coefficient (Wildman–Crippen LogP) is 1.54. The van der Waals surface area contributed by atoms with Crippen LogP contribution in [0.25, 0.3) is 5.65 Å². The third kappa shape index (κ3) is 1.79. The summed E-state index contributed by atoms with van der Waals surface area (Å²) in [4.78, 5) is 16.0. The lowest BCUT2D eigenvalue weighted by molar-refractivity contribution is 0.851. The van der Waals surface area contributed by atoms with E-state index in [-0.39, 0.29) is 5.56 Å². The van der Waals surface area contributed by atoms with Gasteiger partial charge in [-0.05, 0) is 18.1 Å². The molecule has 4 nitrogen and oxygen atoms in total. The van der Waals surface area contributed by atoms with Gasteiger partial charge < -0.3 is 0 Å². The van der Waals surface area contributed by atoms with Gasteiger partial charge in [0.25, 0.3) is 5.56 Å². The average Bonchev–Trinajstić information content (AvgIpc) is 2.62. The Morgan fingerprint density at radius 3 is 2.87 bits per heavy atom. The molecule has 0 aliphatic rings. The van der Waals surface area contributed by atoms with Crippen molar-refractivity contribution in [1.29, 1.82) is 0 Å². The van der Waals surface area contributed by atoms with Crippen LogP contribution in [0.5, 0.6) is 0 Å². The standard InChI is InChI=1S/C11H15N3O/c1-3-5-8-6-10-12-9(4-2)13-14(10)11(15)7-8/h6-7H,3-5H2,1-2H3,(H,12,13). The van der Waals surface area contributed by atoms with Crippen molar-refractivity contribution in [1.82, 2.24) is 14.6 Å². The van der Waals surface area contributed by atoms with Crippen LogP contribution in [0, 0.1) is 0 Å². The van der Waals surface area contributed by atoms with Crippen LogP contribution in [0.4, 0.5) is 0 Å². The van der Waals surface area contributed by atoms with Crippen molar-refractivity contribution >= 4 is 5.65 Å². The summed E-state index contributed by atoms with van der Waals surface area (Å²) < 4.78 is 1.50. The van der Waals surface area contributed by atoms with Gasteiger partial charge in [-0.1, -0.05) is 20.3 Å². The van der Waals surface area contributed by atoms with Crippen molar-refractivity contribution in [3.8, 4) is 0 Å². The molecular formula is C11H15N3O. The van der Waals surface area contributed by atoms with Gasteiger partial charge in [0.05, 0.1) is 0 Å². The van der Waals surface area contributed by atoms with Gasteiger partial charge in [-0.15, -0.1) is 0 Å². The smallest absolute Gasteiger partial charge is 0.271 e. The molecule has 0 spiro atoms. The number of nitrogens with one attached hydrogen (secondary N) is 1. The molecule has 0 aliphatic carbocycles. The quantitative estimate of drug-likeness (QED) is 0.826. The number of hydrogen-bond acceptors (Lipinski definition) is 2. The van der Waals surface area contributed by atoms with E-state index in [2.05, 4.69) is 17.0 Å². The van der Waals surface area contributed by atoms with Crippen molar-refractivity contribution in [2.45, 2.75) is 33.1 Å². The van der Waals surface area contributed by atoms with Crippen molar-refractivity contribution in [3.63, 3.8) is 0 Å². The van der Waals surface area contributed by atoms with Crippen molar-refractivity contribution in [3.05, 3.63) is 33.9 Å². The summed E-state index contributed by atoms with van der Waals surface area (Å²) in [5.74, 6) is 0.848. The van der Waals surface area contributed by atoms with E-state index in [9.17, 15) is 4.79 Å². The highest BCUT2D eigenvalue weighted by molar-refractivity contribution is 5.40. The predicted molar refractivity (Wildman–Crippen MR) is 59.2 cm³/mol. The number of rotatable bonds is 3. The number of aromatic nitrogens is 3. The van der Waals surface area contributed by atoms with E-state index < -0.39 is 0 Å². The molecule has 0 amide bonds. The number of nitrogens with zero attached hydrogens (tertiary/aromatic N) is 2. The molecule has 4 heteroatoms. The molecule has 1 N–H and O–H groups in total. The third-order valence-corrected chi connectivity index (χ3v) is 2.44. The zero-order valence-electron chi connectivity index (χ0n) is 9.08. The topological polar surface area (TPSA) is 50.2 Å². The lowest BCUT2D eigenvalue weighted by Crippen LogP contribution is -2.13. The van der Waals surface area contributed by atoms with E-state index >= 15 is 0 Å². The average molecular weight is 205 g/mol. The van der Waals surface area contributed by atoms with E-state index in [1.54, 1.807) is 6.07 Å². The van der Waals surface area contributed by atoms with Gasteiger partial charge in [0, 0.05) is 12.5 Å². The highest BCUT2D eigenvalue weighted by atomic mass is 16.1. The zero-order valence-corrected chi connectivity index (χ0v) is 9.08. The molecule has 2 rings (SSSR count). The maximum Gasteiger partial charge on any atom is 0.271 e. The van der Waals surface area contributed by atoms with Crippen molar-refractivity contribution in [2.24, 2.45) is 0 Å². The molecular weight excluding hydrogens is 190 g/mol. The lowest BCUT2D eigenvalue weighted by Gasteiger charge is -1.97. The molecule has 0 unspecified atom stereocenters. The lowest BCUT2D eigenvalue weighted by atomic mass is 10.1. The van der Waals surface area contributed by atoms with Crippen LogP contribution in [-0.4, -0.2) is 14.6 Å². The monoisotopic (exact) mass is 205 g/mol. The second-order valence-corrected chi connectivity index (χ2v) is 3.67. The first-order valence-corrected chi connectivity index (χ1v) is 5.35. The fourth-order valence-electron chi connectivity index (χ4n) is 1.69. The summed E-state index contributed by atoms with van der Waals surface area (Å²) in [5, 5.41) is 2.98. The summed E-state index contributed by atoms with van der Waals surface area (Å²) in [6, 6.07) is 3.65. The van der Waals surface area contributed by atoms with Gasteiger partial charge in [0.15, 0.2) is 5.65 Å². The Balaban J connectivity index is 2.60. The first-order valence-electron chi connectivity index (χ1n) is 5.35. The number of aryl methyl sites for hydroxylation is 2. The molecule has 2 aromatic heterocycles. The molecule has 0 fully saturated rings. The Morgan fingerprint density at radius 2 is 2.20 bits per heavy atom. The Bertz CT molecular complexity index is 524. The molecule has 2 aromatic rings. The van der Waals surface area contributed by atoms with Crippen LogP contribution < -0.4 is 5.56 Å². The molecule has 0 saturated carbocycles. The SMILES string of the molecule is CCCc1cc(=O)n2[nH]c(CC)nc2c1. The number of fused-ring (bicyclic) bond motifs is 1. The largest absolute Gasteiger partial charge is 0.276 e. The second-order valence-electron chi connectivity index (χ2n) is 3.67. The number of H-pyrrole nitrogens is 1. The first kappa shape index (κ1) is 9.96. The fourth-order valence-corrected chi connectivity index (χ4v) is 1.69.